The van der Waals surface area contributed by atoms with Gasteiger partial charge in [-0.05, 0) is 19.4 Å². The van der Waals surface area contributed by atoms with Crippen molar-refractivity contribution in [1.82, 2.24) is 14.9 Å². The number of nitrogens with one attached hydrogen (secondary N) is 2. The summed E-state index contributed by atoms with van der Waals surface area (Å²) in [5, 5.41) is 5.58. The molecule has 1 atom stereocenters. The van der Waals surface area contributed by atoms with Crippen molar-refractivity contribution in [2.24, 2.45) is 0 Å². The summed E-state index contributed by atoms with van der Waals surface area (Å²) in [6.45, 7) is 3.37. The fraction of sp³-hybridized carbons (Fsp3) is 0.600. The number of carbonyl (C=O) groups is 1. The summed E-state index contributed by atoms with van der Waals surface area (Å²) in [4.78, 5) is 11.7. The molecule has 1 rings (SSSR count). The van der Waals surface area contributed by atoms with Gasteiger partial charge in [-0.1, -0.05) is 6.92 Å². The Morgan fingerprint density at radius 3 is 2.78 bits per heavy atom. The number of H-pyrrole nitrogens is 1. The average Bonchev–Trinajstić information content (AvgIpc) is 2.77. The van der Waals surface area contributed by atoms with Gasteiger partial charge in [0.1, 0.15) is 5.25 Å². The number of hydrogen-bond donors (Lipinski definition) is 2. The smallest absolute Gasteiger partial charge is 0.285 e. The third kappa shape index (κ3) is 3.54. The second-order valence-corrected chi connectivity index (χ2v) is 5.97. The largest absolute Gasteiger partial charge is 0.383 e. The molecule has 8 heteroatoms. The number of aryl methyl sites for hydroxylation is 1. The van der Waals surface area contributed by atoms with Gasteiger partial charge in [0.25, 0.3) is 5.91 Å². The van der Waals surface area contributed by atoms with Crippen molar-refractivity contribution in [3.8, 4) is 0 Å². The first-order chi connectivity index (χ1) is 8.40. The summed E-state index contributed by atoms with van der Waals surface area (Å²) in [5.74, 6) is -0.742. The highest BCUT2D eigenvalue weighted by Crippen LogP contribution is 2.03. The zero-order valence-electron chi connectivity index (χ0n) is 10.6. The molecule has 0 aliphatic heterocycles. The number of aromatic nitrogens is 2. The minimum Gasteiger partial charge on any atom is -0.383 e. The number of carbonyl (C=O) groups excluding carboxylic acids is 1. The number of ether oxygens (including phenoxy) is 1. The number of aromatic amines is 1. The molecule has 1 amide bonds. The van der Waals surface area contributed by atoms with Crippen LogP contribution in [0.1, 0.15) is 30.0 Å². The van der Waals surface area contributed by atoms with Gasteiger partial charge in [0.2, 0.25) is 10.0 Å². The fourth-order valence-corrected chi connectivity index (χ4v) is 2.14. The standard InChI is InChI=1S/C10H17N3O4S/c1-4-8-5-9(12-11-8)10(14)13-18(15,16)7(2)6-17-3/h5,7H,4,6H2,1-3H3,(H,11,12)(H,13,14). The number of hydrogen-bond acceptors (Lipinski definition) is 5. The maximum Gasteiger partial charge on any atom is 0.285 e. The number of rotatable bonds is 6. The molecule has 1 unspecified atom stereocenters. The average molecular weight is 275 g/mol. The highest BCUT2D eigenvalue weighted by molar-refractivity contribution is 7.90. The number of amides is 1. The molecular formula is C10H17N3O4S. The number of nitrogens with zero attached hydrogens (tertiary/aromatic N) is 1. The van der Waals surface area contributed by atoms with E-state index >= 15 is 0 Å². The van der Waals surface area contributed by atoms with E-state index in [1.807, 2.05) is 11.6 Å². The molecule has 0 saturated carbocycles. The monoisotopic (exact) mass is 275 g/mol. The highest BCUT2D eigenvalue weighted by Gasteiger charge is 2.24. The molecule has 1 aromatic heterocycles. The van der Waals surface area contributed by atoms with Gasteiger partial charge in [0.05, 0.1) is 6.61 Å². The van der Waals surface area contributed by atoms with Gasteiger partial charge < -0.3 is 4.74 Å². The number of sulfonamides is 1. The summed E-state index contributed by atoms with van der Waals surface area (Å²) in [6, 6.07) is 1.52. The summed E-state index contributed by atoms with van der Waals surface area (Å²) >= 11 is 0. The first-order valence-corrected chi connectivity index (χ1v) is 7.04. The van der Waals surface area contributed by atoms with Crippen LogP contribution in [-0.2, 0) is 21.2 Å². The Bertz CT molecular complexity index is 509. The van der Waals surface area contributed by atoms with Crippen LogP contribution < -0.4 is 4.72 Å². The van der Waals surface area contributed by atoms with Crippen LogP contribution in [-0.4, -0.2) is 43.5 Å². The molecule has 2 N–H and O–H groups in total. The zero-order chi connectivity index (χ0) is 13.8. The minimum absolute atomic E-state index is 0.0173. The Hall–Kier alpha value is -1.41. The second kappa shape index (κ2) is 5.96. The molecule has 7 nitrogen and oxygen atoms in total. The van der Waals surface area contributed by atoms with Gasteiger partial charge in [0, 0.05) is 12.8 Å². The summed E-state index contributed by atoms with van der Waals surface area (Å²) in [5.41, 5.74) is 0.822. The fourth-order valence-electron chi connectivity index (χ4n) is 1.27. The Morgan fingerprint density at radius 1 is 1.61 bits per heavy atom. The van der Waals surface area contributed by atoms with E-state index in [0.29, 0.717) is 6.42 Å². The molecular weight excluding hydrogens is 258 g/mol. The van der Waals surface area contributed by atoms with Gasteiger partial charge in [-0.2, -0.15) is 5.10 Å². The van der Waals surface area contributed by atoms with Gasteiger partial charge in [0.15, 0.2) is 5.69 Å². The summed E-state index contributed by atoms with van der Waals surface area (Å²) < 4.78 is 30.2. The van der Waals surface area contributed by atoms with Crippen LogP contribution in [0.25, 0.3) is 0 Å². The minimum atomic E-state index is -3.75. The molecule has 0 aliphatic carbocycles. The maximum absolute atomic E-state index is 11.7. The van der Waals surface area contributed by atoms with Crippen molar-refractivity contribution in [3.63, 3.8) is 0 Å². The molecule has 0 saturated heterocycles. The lowest BCUT2D eigenvalue weighted by Crippen LogP contribution is -2.39. The topological polar surface area (TPSA) is 101 Å². The first kappa shape index (κ1) is 14.7. The molecule has 0 fully saturated rings. The molecule has 18 heavy (non-hydrogen) atoms. The predicted octanol–water partition coefficient (Wildman–Crippen LogP) is 0.0666. The lowest BCUT2D eigenvalue weighted by atomic mass is 10.3. The molecule has 1 aromatic rings. The van der Waals surface area contributed by atoms with E-state index in [9.17, 15) is 13.2 Å². The quantitative estimate of drug-likeness (QED) is 0.765. The first-order valence-electron chi connectivity index (χ1n) is 5.50. The van der Waals surface area contributed by atoms with E-state index in [1.54, 1.807) is 0 Å². The van der Waals surface area contributed by atoms with Crippen LogP contribution in [0.2, 0.25) is 0 Å². The molecule has 0 aliphatic rings. The Labute approximate surface area is 106 Å². The normalized spacial score (nSPS) is 13.3. The second-order valence-electron chi connectivity index (χ2n) is 3.87. The van der Waals surface area contributed by atoms with Crippen LogP contribution in [0, 0.1) is 0 Å². The SMILES string of the molecule is CCc1cc(C(=O)NS(=O)(=O)C(C)COC)n[nH]1. The maximum atomic E-state index is 11.7. The van der Waals surface area contributed by atoms with E-state index in [2.05, 4.69) is 10.2 Å². The van der Waals surface area contributed by atoms with E-state index in [-0.39, 0.29) is 12.3 Å². The van der Waals surface area contributed by atoms with Gasteiger partial charge >= 0.3 is 0 Å². The van der Waals surface area contributed by atoms with E-state index in [0.717, 1.165) is 5.69 Å². The van der Waals surface area contributed by atoms with Crippen molar-refractivity contribution in [2.75, 3.05) is 13.7 Å². The van der Waals surface area contributed by atoms with Crippen LogP contribution >= 0.6 is 0 Å². The van der Waals surface area contributed by atoms with Crippen molar-refractivity contribution in [1.29, 1.82) is 0 Å². The summed E-state index contributed by atoms with van der Waals surface area (Å²) in [7, 11) is -2.35. The lowest BCUT2D eigenvalue weighted by Gasteiger charge is -2.11. The Morgan fingerprint density at radius 2 is 2.28 bits per heavy atom. The Balaban J connectivity index is 2.75. The van der Waals surface area contributed by atoms with Crippen LogP contribution in [0.3, 0.4) is 0 Å². The van der Waals surface area contributed by atoms with Gasteiger partial charge in [-0.25, -0.2) is 13.1 Å². The third-order valence-corrected chi connectivity index (χ3v) is 4.08. The predicted molar refractivity (Wildman–Crippen MR) is 65.7 cm³/mol. The van der Waals surface area contributed by atoms with Gasteiger partial charge in [-0.3, -0.25) is 9.89 Å². The lowest BCUT2D eigenvalue weighted by molar-refractivity contribution is 0.0975. The van der Waals surface area contributed by atoms with Crippen LogP contribution in [0.4, 0.5) is 0 Å². The Kier molecular flexibility index (Phi) is 4.85. The van der Waals surface area contributed by atoms with E-state index < -0.39 is 21.2 Å². The van der Waals surface area contributed by atoms with Crippen LogP contribution in [0.5, 0.6) is 0 Å². The summed E-state index contributed by atoms with van der Waals surface area (Å²) in [6.07, 6.45) is 0.688. The van der Waals surface area contributed by atoms with Crippen molar-refractivity contribution < 1.29 is 17.9 Å². The third-order valence-electron chi connectivity index (χ3n) is 2.41. The molecule has 0 spiro atoms. The van der Waals surface area contributed by atoms with Crippen LogP contribution in [0.15, 0.2) is 6.07 Å². The molecule has 0 bridgehead atoms. The molecule has 102 valence electrons. The molecule has 0 aromatic carbocycles. The van der Waals surface area contributed by atoms with Crippen molar-refractivity contribution in [2.45, 2.75) is 25.5 Å². The van der Waals surface area contributed by atoms with Crippen molar-refractivity contribution in [3.05, 3.63) is 17.5 Å². The van der Waals surface area contributed by atoms with E-state index in [4.69, 9.17) is 4.74 Å². The molecule has 1 heterocycles. The molecule has 0 radical (unpaired) electrons. The zero-order valence-corrected chi connectivity index (χ0v) is 11.4. The highest BCUT2D eigenvalue weighted by atomic mass is 32.2. The number of methoxy groups -OCH3 is 1. The van der Waals surface area contributed by atoms with Crippen molar-refractivity contribution >= 4 is 15.9 Å². The van der Waals surface area contributed by atoms with E-state index in [1.165, 1.54) is 20.1 Å². The van der Waals surface area contributed by atoms with Gasteiger partial charge in [-0.15, -0.1) is 0 Å².